The lowest BCUT2D eigenvalue weighted by molar-refractivity contribution is -0.383. The van der Waals surface area contributed by atoms with Gasteiger partial charge in [0.25, 0.3) is 11.6 Å². The molecule has 236 valence electrons. The number of carbonyl (C=O) groups is 1. The number of carbonyl (C=O) groups excluding carboxylic acids is 1. The zero-order valence-electron chi connectivity index (χ0n) is 26.9. The van der Waals surface area contributed by atoms with E-state index in [0.29, 0.717) is 30.2 Å². The highest BCUT2D eigenvalue weighted by atomic mass is 28.4. The van der Waals surface area contributed by atoms with Crippen LogP contribution in [0.5, 0.6) is 11.5 Å². The normalized spacial score (nSPS) is 11.5. The number of amides is 1. The van der Waals surface area contributed by atoms with Gasteiger partial charge in [0.1, 0.15) is 5.69 Å². The van der Waals surface area contributed by atoms with E-state index in [1.807, 2.05) is 54.6 Å². The number of nitro benzene ring substituents is 1. The van der Waals surface area contributed by atoms with Crippen LogP contribution in [0, 0.1) is 10.1 Å². The topological polar surface area (TPSA) is 112 Å². The molecule has 0 heterocycles. The SMILES string of the molecule is COc1ccc(NCc2ccc(C(=O)Nc3cc(-c4ccc(CO[Si](C)(C)C(C)(C)C)cc4)ccc3[N+](=O)[O-])cc2)cc1OC. The Balaban J connectivity index is 1.44. The summed E-state index contributed by atoms with van der Waals surface area (Å²) in [5.74, 6) is 0.828. The Kier molecular flexibility index (Phi) is 10.3. The summed E-state index contributed by atoms with van der Waals surface area (Å²) in [6, 6.07) is 25.3. The highest BCUT2D eigenvalue weighted by Crippen LogP contribution is 2.37. The Morgan fingerprint density at radius 1 is 0.822 bits per heavy atom. The first-order chi connectivity index (χ1) is 21.3. The van der Waals surface area contributed by atoms with Gasteiger partial charge < -0.3 is 24.5 Å². The number of nitrogens with zero attached hydrogens (tertiary/aromatic N) is 1. The third-order valence-corrected chi connectivity index (χ3v) is 12.7. The summed E-state index contributed by atoms with van der Waals surface area (Å²) in [4.78, 5) is 24.4. The standard InChI is InChI=1S/C35H41N3O6Si/c1-35(2,3)45(6,7)44-23-25-10-12-26(13-11-25)28-16-18-31(38(40)41)30(20-28)37-34(39)27-14-8-24(9-15-27)22-36-29-17-19-32(42-4)33(21-29)43-5/h8-21,36H,22-23H2,1-7H3,(H,37,39). The summed E-state index contributed by atoms with van der Waals surface area (Å²) < 4.78 is 17.0. The first kappa shape index (κ1) is 33.2. The Labute approximate surface area is 265 Å². The van der Waals surface area contributed by atoms with E-state index in [4.69, 9.17) is 13.9 Å². The number of ether oxygens (including phenoxy) is 2. The number of rotatable bonds is 12. The van der Waals surface area contributed by atoms with E-state index in [2.05, 4.69) is 44.5 Å². The van der Waals surface area contributed by atoms with Gasteiger partial charge in [-0.25, -0.2) is 0 Å². The molecule has 0 fully saturated rings. The second-order valence-electron chi connectivity index (χ2n) is 12.3. The van der Waals surface area contributed by atoms with Crippen LogP contribution in [-0.2, 0) is 17.6 Å². The predicted molar refractivity (Wildman–Crippen MR) is 182 cm³/mol. The van der Waals surface area contributed by atoms with Gasteiger partial charge in [-0.2, -0.15) is 0 Å². The molecule has 10 heteroatoms. The van der Waals surface area contributed by atoms with Crippen LogP contribution in [0.3, 0.4) is 0 Å². The van der Waals surface area contributed by atoms with Gasteiger partial charge in [0, 0.05) is 29.9 Å². The summed E-state index contributed by atoms with van der Waals surface area (Å²) in [6.07, 6.45) is 0. The Morgan fingerprint density at radius 3 is 2.04 bits per heavy atom. The fourth-order valence-electron chi connectivity index (χ4n) is 4.37. The minimum absolute atomic E-state index is 0.124. The molecule has 0 unspecified atom stereocenters. The molecule has 0 bridgehead atoms. The van der Waals surface area contributed by atoms with Gasteiger partial charge in [-0.3, -0.25) is 14.9 Å². The third-order valence-electron chi connectivity index (χ3n) is 8.23. The number of nitro groups is 1. The van der Waals surface area contributed by atoms with Gasteiger partial charge in [0.2, 0.25) is 0 Å². The maximum absolute atomic E-state index is 13.1. The molecule has 0 aliphatic carbocycles. The molecule has 0 radical (unpaired) electrons. The molecule has 4 aromatic carbocycles. The number of hydrogen-bond acceptors (Lipinski definition) is 7. The van der Waals surface area contributed by atoms with Crippen molar-refractivity contribution in [1.82, 2.24) is 0 Å². The van der Waals surface area contributed by atoms with Gasteiger partial charge in [0.05, 0.1) is 25.7 Å². The van der Waals surface area contributed by atoms with E-state index >= 15 is 0 Å². The molecule has 0 aliphatic heterocycles. The van der Waals surface area contributed by atoms with Crippen LogP contribution < -0.4 is 20.1 Å². The second-order valence-corrected chi connectivity index (χ2v) is 17.1. The molecule has 0 aromatic heterocycles. The summed E-state index contributed by atoms with van der Waals surface area (Å²) in [5.41, 5.74) is 4.83. The molecule has 0 aliphatic rings. The van der Waals surface area contributed by atoms with Crippen LogP contribution in [-0.4, -0.2) is 33.4 Å². The van der Waals surface area contributed by atoms with Crippen LogP contribution in [0.25, 0.3) is 11.1 Å². The molecular weight excluding hydrogens is 586 g/mol. The van der Waals surface area contributed by atoms with Gasteiger partial charge in [-0.05, 0) is 76.8 Å². The zero-order chi connectivity index (χ0) is 32.8. The van der Waals surface area contributed by atoms with Crippen molar-refractivity contribution in [3.05, 3.63) is 112 Å². The number of hydrogen-bond donors (Lipinski definition) is 2. The lowest BCUT2D eigenvalue weighted by atomic mass is 10.0. The lowest BCUT2D eigenvalue weighted by Crippen LogP contribution is -2.40. The summed E-state index contributed by atoms with van der Waals surface area (Å²) in [5, 5.41) is 18.0. The van der Waals surface area contributed by atoms with Crippen molar-refractivity contribution in [3.8, 4) is 22.6 Å². The third kappa shape index (κ3) is 8.28. The molecule has 0 atom stereocenters. The Bertz CT molecular complexity index is 1650. The predicted octanol–water partition coefficient (Wildman–Crippen LogP) is 8.67. The van der Waals surface area contributed by atoms with Crippen molar-refractivity contribution in [3.63, 3.8) is 0 Å². The summed E-state index contributed by atoms with van der Waals surface area (Å²) in [6.45, 7) is 12.1. The zero-order valence-corrected chi connectivity index (χ0v) is 27.9. The first-order valence-corrected chi connectivity index (χ1v) is 17.6. The molecule has 4 rings (SSSR count). The van der Waals surface area contributed by atoms with Gasteiger partial charge >= 0.3 is 0 Å². The first-order valence-electron chi connectivity index (χ1n) is 14.7. The van der Waals surface area contributed by atoms with Gasteiger partial charge in [-0.15, -0.1) is 0 Å². The van der Waals surface area contributed by atoms with Crippen LogP contribution in [0.15, 0.2) is 84.9 Å². The monoisotopic (exact) mass is 627 g/mol. The van der Waals surface area contributed by atoms with E-state index in [0.717, 1.165) is 27.9 Å². The summed E-state index contributed by atoms with van der Waals surface area (Å²) in [7, 11) is 1.29. The molecule has 9 nitrogen and oxygen atoms in total. The molecule has 0 saturated heterocycles. The molecule has 0 spiro atoms. The number of methoxy groups -OCH3 is 2. The minimum Gasteiger partial charge on any atom is -0.493 e. The van der Waals surface area contributed by atoms with Crippen LogP contribution >= 0.6 is 0 Å². The van der Waals surface area contributed by atoms with Crippen molar-refractivity contribution in [2.75, 3.05) is 24.9 Å². The van der Waals surface area contributed by atoms with E-state index in [1.54, 1.807) is 38.5 Å². The van der Waals surface area contributed by atoms with Crippen LogP contribution in [0.1, 0.15) is 42.3 Å². The minimum atomic E-state index is -1.88. The molecule has 0 saturated carbocycles. The highest BCUT2D eigenvalue weighted by molar-refractivity contribution is 6.74. The number of nitrogens with one attached hydrogen (secondary N) is 2. The smallest absolute Gasteiger partial charge is 0.292 e. The number of anilines is 2. The maximum Gasteiger partial charge on any atom is 0.292 e. The average Bonchev–Trinajstić information content (AvgIpc) is 3.02. The maximum atomic E-state index is 13.1. The molecule has 4 aromatic rings. The molecule has 45 heavy (non-hydrogen) atoms. The number of benzene rings is 4. The van der Waals surface area contributed by atoms with Crippen LogP contribution in [0.4, 0.5) is 17.1 Å². The van der Waals surface area contributed by atoms with Crippen molar-refractivity contribution in [1.29, 1.82) is 0 Å². The molecule has 1 amide bonds. The van der Waals surface area contributed by atoms with E-state index in [-0.39, 0.29) is 16.4 Å². The van der Waals surface area contributed by atoms with Gasteiger partial charge in [-0.1, -0.05) is 57.2 Å². The Morgan fingerprint density at radius 2 is 1.44 bits per heavy atom. The van der Waals surface area contributed by atoms with Crippen molar-refractivity contribution >= 4 is 31.3 Å². The summed E-state index contributed by atoms with van der Waals surface area (Å²) >= 11 is 0. The molecule has 2 N–H and O–H groups in total. The van der Waals surface area contributed by atoms with E-state index in [9.17, 15) is 14.9 Å². The largest absolute Gasteiger partial charge is 0.493 e. The van der Waals surface area contributed by atoms with Crippen molar-refractivity contribution < 1.29 is 23.6 Å². The highest BCUT2D eigenvalue weighted by Gasteiger charge is 2.37. The quantitative estimate of drug-likeness (QED) is 0.0918. The fraction of sp³-hybridized carbons (Fsp3) is 0.286. The van der Waals surface area contributed by atoms with Gasteiger partial charge in [0.15, 0.2) is 19.8 Å². The van der Waals surface area contributed by atoms with E-state index in [1.165, 1.54) is 6.07 Å². The fourth-order valence-corrected chi connectivity index (χ4v) is 5.33. The van der Waals surface area contributed by atoms with E-state index < -0.39 is 19.1 Å². The lowest BCUT2D eigenvalue weighted by Gasteiger charge is -2.36. The average molecular weight is 628 g/mol. The van der Waals surface area contributed by atoms with Crippen LogP contribution in [0.2, 0.25) is 18.1 Å². The molecular formula is C35H41N3O6Si. The van der Waals surface area contributed by atoms with Crippen molar-refractivity contribution in [2.45, 2.75) is 52.1 Å². The Hall–Kier alpha value is -4.67. The van der Waals surface area contributed by atoms with Crippen molar-refractivity contribution in [2.24, 2.45) is 0 Å². The second kappa shape index (κ2) is 14.0.